The lowest BCUT2D eigenvalue weighted by molar-refractivity contribution is -0.152. The first-order valence-corrected chi connectivity index (χ1v) is 4.83. The van der Waals surface area contributed by atoms with Crippen molar-refractivity contribution in [2.75, 3.05) is 0 Å². The van der Waals surface area contributed by atoms with Gasteiger partial charge in [0.2, 0.25) is 0 Å². The van der Waals surface area contributed by atoms with Crippen LogP contribution in [0.5, 0.6) is 0 Å². The molecule has 15 heavy (non-hydrogen) atoms. The predicted molar refractivity (Wildman–Crippen MR) is 46.9 cm³/mol. The molecule has 6 nitrogen and oxygen atoms in total. The highest BCUT2D eigenvalue weighted by Crippen LogP contribution is 2.32. The number of rotatable bonds is 1. The largest absolute Gasteiger partial charge is 0.481 e. The summed E-state index contributed by atoms with van der Waals surface area (Å²) in [5, 5.41) is 11.3. The van der Waals surface area contributed by atoms with Gasteiger partial charge in [0.05, 0.1) is 11.8 Å². The van der Waals surface area contributed by atoms with Crippen molar-refractivity contribution < 1.29 is 24.2 Å². The van der Waals surface area contributed by atoms with Crippen molar-refractivity contribution in [2.24, 2.45) is 11.8 Å². The topological polar surface area (TPSA) is 92.7 Å². The Hall–Kier alpha value is -1.59. The van der Waals surface area contributed by atoms with Crippen LogP contribution in [0.1, 0.15) is 19.3 Å². The third kappa shape index (κ3) is 1.79. The van der Waals surface area contributed by atoms with Gasteiger partial charge in [0, 0.05) is 6.04 Å². The summed E-state index contributed by atoms with van der Waals surface area (Å²) < 4.78 is 4.42. The summed E-state index contributed by atoms with van der Waals surface area (Å²) >= 11 is 0. The van der Waals surface area contributed by atoms with Gasteiger partial charge >= 0.3 is 18.0 Å². The lowest BCUT2D eigenvalue weighted by Gasteiger charge is -2.35. The molecule has 0 spiro atoms. The molecule has 1 saturated heterocycles. The van der Waals surface area contributed by atoms with Crippen LogP contribution in [0.2, 0.25) is 0 Å². The van der Waals surface area contributed by atoms with Crippen molar-refractivity contribution >= 4 is 18.0 Å². The van der Waals surface area contributed by atoms with E-state index in [1.165, 1.54) is 0 Å². The average molecular weight is 213 g/mol. The molecular weight excluding hydrogens is 202 g/mol. The first-order valence-electron chi connectivity index (χ1n) is 4.83. The molecule has 0 radical (unpaired) electrons. The molecule has 0 bridgehead atoms. The lowest BCUT2D eigenvalue weighted by atomic mass is 9.78. The highest BCUT2D eigenvalue weighted by Gasteiger charge is 2.43. The van der Waals surface area contributed by atoms with Crippen LogP contribution in [-0.4, -0.2) is 29.2 Å². The van der Waals surface area contributed by atoms with Gasteiger partial charge < -0.3 is 15.2 Å². The smallest absolute Gasteiger partial charge is 0.415 e. The standard InChI is InChI=1S/C9H11NO5/c11-7(12)4-1-2-5-6(3-4)10-9(14)15-8(5)13/h4-6H,1-3H2,(H,10,14)(H,11,12). The third-order valence-corrected chi connectivity index (χ3v) is 3.00. The second-order valence-corrected chi connectivity index (χ2v) is 3.91. The molecule has 0 aromatic heterocycles. The maximum absolute atomic E-state index is 11.3. The summed E-state index contributed by atoms with van der Waals surface area (Å²) in [6.45, 7) is 0. The fraction of sp³-hybridized carbons (Fsp3) is 0.667. The molecular formula is C9H11NO5. The van der Waals surface area contributed by atoms with E-state index >= 15 is 0 Å². The van der Waals surface area contributed by atoms with E-state index in [0.717, 1.165) is 0 Å². The van der Waals surface area contributed by atoms with Gasteiger partial charge in [-0.25, -0.2) is 4.79 Å². The number of carbonyl (C=O) groups excluding carboxylic acids is 2. The fourth-order valence-corrected chi connectivity index (χ4v) is 2.18. The number of hydrogen-bond donors (Lipinski definition) is 2. The zero-order chi connectivity index (χ0) is 11.0. The molecule has 0 aromatic carbocycles. The molecule has 1 saturated carbocycles. The van der Waals surface area contributed by atoms with Crippen LogP contribution in [-0.2, 0) is 14.3 Å². The molecule has 3 atom stereocenters. The molecule has 1 heterocycles. The summed E-state index contributed by atoms with van der Waals surface area (Å²) in [5.41, 5.74) is 0. The second-order valence-electron chi connectivity index (χ2n) is 3.91. The molecule has 1 aliphatic carbocycles. The number of cyclic esters (lactones) is 2. The van der Waals surface area contributed by atoms with E-state index < -0.39 is 23.9 Å². The van der Waals surface area contributed by atoms with Crippen LogP contribution >= 0.6 is 0 Å². The molecule has 2 fully saturated rings. The van der Waals surface area contributed by atoms with Crippen LogP contribution in [0.3, 0.4) is 0 Å². The van der Waals surface area contributed by atoms with Gasteiger partial charge in [-0.3, -0.25) is 9.59 Å². The second kappa shape index (κ2) is 3.52. The Morgan fingerprint density at radius 3 is 2.80 bits per heavy atom. The van der Waals surface area contributed by atoms with Crippen LogP contribution in [0.15, 0.2) is 0 Å². The number of esters is 1. The Balaban J connectivity index is 2.09. The quantitative estimate of drug-likeness (QED) is 0.476. The number of carboxylic acids is 1. The maximum atomic E-state index is 11.3. The van der Waals surface area contributed by atoms with Gasteiger partial charge in [0.25, 0.3) is 0 Å². The molecule has 6 heteroatoms. The molecule has 82 valence electrons. The summed E-state index contributed by atoms with van der Waals surface area (Å²) in [7, 11) is 0. The Bertz CT molecular complexity index is 326. The van der Waals surface area contributed by atoms with Crippen molar-refractivity contribution in [3.8, 4) is 0 Å². The number of hydrogen-bond acceptors (Lipinski definition) is 4. The number of fused-ring (bicyclic) bond motifs is 1. The van der Waals surface area contributed by atoms with E-state index in [1.807, 2.05) is 0 Å². The zero-order valence-electron chi connectivity index (χ0n) is 7.93. The Morgan fingerprint density at radius 1 is 1.40 bits per heavy atom. The number of amides is 1. The SMILES string of the molecule is O=C1NC2CC(C(=O)O)CCC2C(=O)O1. The first-order chi connectivity index (χ1) is 7.08. The van der Waals surface area contributed by atoms with E-state index in [0.29, 0.717) is 19.3 Å². The molecule has 1 amide bonds. The molecule has 2 rings (SSSR count). The van der Waals surface area contributed by atoms with Gasteiger partial charge in [-0.05, 0) is 19.3 Å². The number of aliphatic carboxylic acids is 1. The third-order valence-electron chi connectivity index (χ3n) is 3.00. The summed E-state index contributed by atoms with van der Waals surface area (Å²) in [6.07, 6.45) is 0.454. The monoisotopic (exact) mass is 213 g/mol. The van der Waals surface area contributed by atoms with E-state index in [-0.39, 0.29) is 12.0 Å². The fourth-order valence-electron chi connectivity index (χ4n) is 2.18. The highest BCUT2D eigenvalue weighted by atomic mass is 16.6. The van der Waals surface area contributed by atoms with Crippen LogP contribution in [0.4, 0.5) is 4.79 Å². The van der Waals surface area contributed by atoms with Crippen LogP contribution < -0.4 is 5.32 Å². The van der Waals surface area contributed by atoms with Gasteiger partial charge in [-0.2, -0.15) is 0 Å². The molecule has 2 aliphatic rings. The first kappa shape index (κ1) is 9.95. The predicted octanol–water partition coefficient (Wildman–Crippen LogP) is 0.122. The minimum absolute atomic E-state index is 0.306. The summed E-state index contributed by atoms with van der Waals surface area (Å²) in [4.78, 5) is 33.0. The number of nitrogens with one attached hydrogen (secondary N) is 1. The van der Waals surface area contributed by atoms with Crippen molar-refractivity contribution in [1.29, 1.82) is 0 Å². The van der Waals surface area contributed by atoms with Gasteiger partial charge in [0.1, 0.15) is 0 Å². The minimum Gasteiger partial charge on any atom is -0.481 e. The number of alkyl carbamates (subject to hydrolysis) is 1. The van der Waals surface area contributed by atoms with Crippen molar-refractivity contribution in [3.63, 3.8) is 0 Å². The van der Waals surface area contributed by atoms with E-state index in [4.69, 9.17) is 5.11 Å². The van der Waals surface area contributed by atoms with Crippen molar-refractivity contribution in [3.05, 3.63) is 0 Å². The number of ether oxygens (including phenoxy) is 1. The van der Waals surface area contributed by atoms with E-state index in [1.54, 1.807) is 0 Å². The maximum Gasteiger partial charge on any atom is 0.415 e. The summed E-state index contributed by atoms with van der Waals surface area (Å²) in [5.74, 6) is -2.26. The van der Waals surface area contributed by atoms with Crippen LogP contribution in [0.25, 0.3) is 0 Å². The molecule has 0 aromatic rings. The Kier molecular flexibility index (Phi) is 2.34. The Labute approximate surface area is 85.6 Å². The average Bonchev–Trinajstić information content (AvgIpc) is 2.16. The number of carbonyl (C=O) groups is 3. The van der Waals surface area contributed by atoms with Crippen molar-refractivity contribution in [2.45, 2.75) is 25.3 Å². The van der Waals surface area contributed by atoms with E-state index in [9.17, 15) is 14.4 Å². The van der Waals surface area contributed by atoms with Crippen molar-refractivity contribution in [1.82, 2.24) is 5.32 Å². The highest BCUT2D eigenvalue weighted by molar-refractivity contribution is 5.89. The van der Waals surface area contributed by atoms with Crippen LogP contribution in [0, 0.1) is 11.8 Å². The van der Waals surface area contributed by atoms with Gasteiger partial charge in [-0.1, -0.05) is 0 Å². The van der Waals surface area contributed by atoms with E-state index in [2.05, 4.69) is 10.1 Å². The van der Waals surface area contributed by atoms with Gasteiger partial charge in [-0.15, -0.1) is 0 Å². The molecule has 1 aliphatic heterocycles. The molecule has 2 N–H and O–H groups in total. The lowest BCUT2D eigenvalue weighted by Crippen LogP contribution is -2.53. The Morgan fingerprint density at radius 2 is 2.13 bits per heavy atom. The minimum atomic E-state index is -0.873. The summed E-state index contributed by atoms with van der Waals surface area (Å²) in [6, 6.07) is -0.381. The number of carboxylic acid groups (broad SMARTS) is 1. The van der Waals surface area contributed by atoms with Gasteiger partial charge in [0.15, 0.2) is 0 Å². The normalized spacial score (nSPS) is 35.1. The molecule has 3 unspecified atom stereocenters. The zero-order valence-corrected chi connectivity index (χ0v) is 7.93.